The summed E-state index contributed by atoms with van der Waals surface area (Å²) in [5, 5.41) is 0.995. The lowest BCUT2D eigenvalue weighted by atomic mass is 10.0. The van der Waals surface area contributed by atoms with Crippen molar-refractivity contribution in [2.45, 2.75) is 18.9 Å². The Morgan fingerprint density at radius 2 is 2.16 bits per heavy atom. The molecular weight excluding hydrogens is 238 g/mol. The lowest BCUT2D eigenvalue weighted by Gasteiger charge is -2.31. The number of para-hydroxylation sites is 1. The lowest BCUT2D eigenvalue weighted by molar-refractivity contribution is 0.0710. The van der Waals surface area contributed by atoms with Crippen molar-refractivity contribution in [1.82, 2.24) is 9.88 Å². The fourth-order valence-corrected chi connectivity index (χ4v) is 2.64. The van der Waals surface area contributed by atoms with Crippen molar-refractivity contribution in [2.75, 3.05) is 13.1 Å². The Bertz CT molecular complexity index is 606. The molecule has 4 nitrogen and oxygen atoms in total. The standard InChI is InChI=1S/C15H17N3O/c16-12-6-3-9-18(10-12)15(19)13-7-1-4-11-5-2-8-17-14(11)13/h1-2,4-5,7-8,12H,3,6,9-10,16H2. The number of carbonyl (C=O) groups excluding carboxylic acids is 1. The van der Waals surface area contributed by atoms with Crippen LogP contribution in [0.4, 0.5) is 0 Å². The van der Waals surface area contributed by atoms with Gasteiger partial charge in [0, 0.05) is 30.7 Å². The summed E-state index contributed by atoms with van der Waals surface area (Å²) < 4.78 is 0. The molecule has 3 rings (SSSR count). The van der Waals surface area contributed by atoms with E-state index in [0.717, 1.165) is 30.3 Å². The van der Waals surface area contributed by atoms with E-state index in [1.54, 1.807) is 6.20 Å². The molecule has 1 aromatic carbocycles. The third-order valence-electron chi connectivity index (χ3n) is 3.61. The quantitative estimate of drug-likeness (QED) is 0.845. The molecule has 0 saturated carbocycles. The van der Waals surface area contributed by atoms with Crippen LogP contribution in [-0.4, -0.2) is 34.9 Å². The summed E-state index contributed by atoms with van der Waals surface area (Å²) in [7, 11) is 0. The van der Waals surface area contributed by atoms with Crippen LogP contribution in [0.1, 0.15) is 23.2 Å². The molecule has 1 aliphatic rings. The zero-order valence-corrected chi connectivity index (χ0v) is 10.7. The number of amides is 1. The molecule has 1 aliphatic heterocycles. The molecule has 0 aliphatic carbocycles. The van der Waals surface area contributed by atoms with E-state index in [1.165, 1.54) is 0 Å². The second-order valence-electron chi connectivity index (χ2n) is 5.03. The molecule has 2 N–H and O–H groups in total. The summed E-state index contributed by atoms with van der Waals surface area (Å²) in [6, 6.07) is 9.68. The smallest absolute Gasteiger partial charge is 0.256 e. The largest absolute Gasteiger partial charge is 0.337 e. The number of hydrogen-bond donors (Lipinski definition) is 1. The highest BCUT2D eigenvalue weighted by molar-refractivity contribution is 6.05. The third kappa shape index (κ3) is 2.31. The van der Waals surface area contributed by atoms with Crippen molar-refractivity contribution in [3.8, 4) is 0 Å². The monoisotopic (exact) mass is 255 g/mol. The van der Waals surface area contributed by atoms with Crippen molar-refractivity contribution in [2.24, 2.45) is 5.73 Å². The Morgan fingerprint density at radius 1 is 1.32 bits per heavy atom. The molecule has 2 heterocycles. The molecule has 1 saturated heterocycles. The van der Waals surface area contributed by atoms with Gasteiger partial charge in [0.25, 0.3) is 5.91 Å². The number of likely N-dealkylation sites (tertiary alicyclic amines) is 1. The summed E-state index contributed by atoms with van der Waals surface area (Å²) in [5.41, 5.74) is 7.39. The van der Waals surface area contributed by atoms with E-state index in [-0.39, 0.29) is 11.9 Å². The van der Waals surface area contributed by atoms with Gasteiger partial charge in [-0.2, -0.15) is 0 Å². The van der Waals surface area contributed by atoms with Gasteiger partial charge in [0.05, 0.1) is 11.1 Å². The Morgan fingerprint density at radius 3 is 3.00 bits per heavy atom. The molecule has 0 radical (unpaired) electrons. The van der Waals surface area contributed by atoms with E-state index in [0.29, 0.717) is 12.1 Å². The molecule has 98 valence electrons. The molecule has 0 bridgehead atoms. The highest BCUT2D eigenvalue weighted by atomic mass is 16.2. The predicted molar refractivity (Wildman–Crippen MR) is 74.9 cm³/mol. The normalized spacial score (nSPS) is 19.6. The highest BCUT2D eigenvalue weighted by Crippen LogP contribution is 2.19. The van der Waals surface area contributed by atoms with Gasteiger partial charge in [0.2, 0.25) is 0 Å². The van der Waals surface area contributed by atoms with E-state index in [4.69, 9.17) is 5.73 Å². The minimum absolute atomic E-state index is 0.0412. The first-order valence-corrected chi connectivity index (χ1v) is 6.64. The lowest BCUT2D eigenvalue weighted by Crippen LogP contribution is -2.45. The minimum atomic E-state index is 0.0412. The Kier molecular flexibility index (Phi) is 3.17. The van der Waals surface area contributed by atoms with Gasteiger partial charge in [-0.25, -0.2) is 0 Å². The van der Waals surface area contributed by atoms with Crippen LogP contribution in [0.2, 0.25) is 0 Å². The van der Waals surface area contributed by atoms with Gasteiger partial charge in [-0.15, -0.1) is 0 Å². The van der Waals surface area contributed by atoms with Gasteiger partial charge >= 0.3 is 0 Å². The molecule has 2 aromatic rings. The number of piperidine rings is 1. The number of benzene rings is 1. The maximum absolute atomic E-state index is 12.6. The third-order valence-corrected chi connectivity index (χ3v) is 3.61. The Labute approximate surface area is 112 Å². The molecule has 1 atom stereocenters. The number of rotatable bonds is 1. The first-order chi connectivity index (χ1) is 9.25. The van der Waals surface area contributed by atoms with Crippen LogP contribution in [0.25, 0.3) is 10.9 Å². The van der Waals surface area contributed by atoms with Gasteiger partial charge in [-0.3, -0.25) is 9.78 Å². The highest BCUT2D eigenvalue weighted by Gasteiger charge is 2.23. The van der Waals surface area contributed by atoms with Gasteiger partial charge in [-0.05, 0) is 25.0 Å². The van der Waals surface area contributed by atoms with Crippen LogP contribution in [-0.2, 0) is 0 Å². The first-order valence-electron chi connectivity index (χ1n) is 6.64. The fraction of sp³-hybridized carbons (Fsp3) is 0.333. The average Bonchev–Trinajstić information content (AvgIpc) is 2.46. The summed E-state index contributed by atoms with van der Waals surface area (Å²) in [4.78, 5) is 18.8. The zero-order valence-electron chi connectivity index (χ0n) is 10.7. The van der Waals surface area contributed by atoms with Crippen LogP contribution in [0.15, 0.2) is 36.5 Å². The van der Waals surface area contributed by atoms with Crippen LogP contribution >= 0.6 is 0 Å². The summed E-state index contributed by atoms with van der Waals surface area (Å²) in [6.45, 7) is 1.43. The van der Waals surface area contributed by atoms with Gasteiger partial charge < -0.3 is 10.6 Å². The number of carbonyl (C=O) groups is 1. The van der Waals surface area contributed by atoms with Gasteiger partial charge in [-0.1, -0.05) is 18.2 Å². The van der Waals surface area contributed by atoms with E-state index in [9.17, 15) is 4.79 Å². The Balaban J connectivity index is 1.97. The maximum atomic E-state index is 12.6. The van der Waals surface area contributed by atoms with Crippen LogP contribution < -0.4 is 5.73 Å². The summed E-state index contributed by atoms with van der Waals surface area (Å²) in [6.07, 6.45) is 3.70. The SMILES string of the molecule is NC1CCCN(C(=O)c2cccc3cccnc23)C1. The molecule has 4 heteroatoms. The molecule has 19 heavy (non-hydrogen) atoms. The molecule has 1 amide bonds. The second kappa shape index (κ2) is 4.97. The summed E-state index contributed by atoms with van der Waals surface area (Å²) >= 11 is 0. The number of pyridine rings is 1. The minimum Gasteiger partial charge on any atom is -0.337 e. The maximum Gasteiger partial charge on any atom is 0.256 e. The van der Waals surface area contributed by atoms with Crippen molar-refractivity contribution in [3.63, 3.8) is 0 Å². The van der Waals surface area contributed by atoms with E-state index >= 15 is 0 Å². The van der Waals surface area contributed by atoms with Crippen molar-refractivity contribution >= 4 is 16.8 Å². The van der Waals surface area contributed by atoms with Crippen LogP contribution in [0.3, 0.4) is 0 Å². The van der Waals surface area contributed by atoms with Crippen molar-refractivity contribution in [3.05, 3.63) is 42.1 Å². The second-order valence-corrected chi connectivity index (χ2v) is 5.03. The zero-order chi connectivity index (χ0) is 13.2. The molecule has 1 fully saturated rings. The molecular formula is C15H17N3O. The molecule has 0 spiro atoms. The average molecular weight is 255 g/mol. The van der Waals surface area contributed by atoms with E-state index in [1.807, 2.05) is 35.2 Å². The van der Waals surface area contributed by atoms with Crippen molar-refractivity contribution < 1.29 is 4.79 Å². The van der Waals surface area contributed by atoms with E-state index < -0.39 is 0 Å². The van der Waals surface area contributed by atoms with Crippen LogP contribution in [0, 0.1) is 0 Å². The van der Waals surface area contributed by atoms with Gasteiger partial charge in [0.15, 0.2) is 0 Å². The molecule has 1 aromatic heterocycles. The number of nitrogens with two attached hydrogens (primary N) is 1. The van der Waals surface area contributed by atoms with Crippen molar-refractivity contribution in [1.29, 1.82) is 0 Å². The predicted octanol–water partition coefficient (Wildman–Crippen LogP) is 1.80. The van der Waals surface area contributed by atoms with E-state index in [2.05, 4.69) is 4.98 Å². The number of aromatic nitrogens is 1. The number of nitrogens with zero attached hydrogens (tertiary/aromatic N) is 2. The van der Waals surface area contributed by atoms with Gasteiger partial charge in [0.1, 0.15) is 0 Å². The summed E-state index contributed by atoms with van der Waals surface area (Å²) in [5.74, 6) is 0.0412. The first kappa shape index (κ1) is 12.1. The topological polar surface area (TPSA) is 59.2 Å². The molecule has 1 unspecified atom stereocenters. The Hall–Kier alpha value is -1.94. The fourth-order valence-electron chi connectivity index (χ4n) is 2.64. The number of hydrogen-bond acceptors (Lipinski definition) is 3. The van der Waals surface area contributed by atoms with Crippen LogP contribution in [0.5, 0.6) is 0 Å². The number of fused-ring (bicyclic) bond motifs is 1.